The van der Waals surface area contributed by atoms with Gasteiger partial charge in [-0.2, -0.15) is 0 Å². The Labute approximate surface area is 91.4 Å². The molecule has 1 aromatic rings. The molecule has 0 saturated carbocycles. The van der Waals surface area contributed by atoms with Crippen molar-refractivity contribution >= 4 is 0 Å². The predicted octanol–water partition coefficient (Wildman–Crippen LogP) is 1.47. The first kappa shape index (κ1) is 12.0. The van der Waals surface area contributed by atoms with Gasteiger partial charge in [-0.1, -0.05) is 12.1 Å². The molecule has 0 amide bonds. The molecule has 0 fully saturated rings. The summed E-state index contributed by atoms with van der Waals surface area (Å²) >= 11 is 0. The summed E-state index contributed by atoms with van der Waals surface area (Å²) in [4.78, 5) is 0. The fourth-order valence-corrected chi connectivity index (χ4v) is 1.32. The first-order chi connectivity index (χ1) is 7.36. The summed E-state index contributed by atoms with van der Waals surface area (Å²) in [7, 11) is 3.40. The molecular formula is C12H19NO2. The van der Waals surface area contributed by atoms with E-state index in [-0.39, 0.29) is 0 Å². The van der Waals surface area contributed by atoms with Gasteiger partial charge in [0.15, 0.2) is 0 Å². The van der Waals surface area contributed by atoms with Crippen molar-refractivity contribution in [3.8, 4) is 5.75 Å². The highest BCUT2D eigenvalue weighted by atomic mass is 16.5. The Morgan fingerprint density at radius 1 is 1.07 bits per heavy atom. The summed E-state index contributed by atoms with van der Waals surface area (Å²) in [6.45, 7) is 2.66. The second-order valence-electron chi connectivity index (χ2n) is 3.34. The molecule has 15 heavy (non-hydrogen) atoms. The van der Waals surface area contributed by atoms with Crippen molar-refractivity contribution in [2.45, 2.75) is 6.42 Å². The maximum Gasteiger partial charge on any atom is 0.118 e. The molecule has 0 spiro atoms. The van der Waals surface area contributed by atoms with Crippen molar-refractivity contribution in [3.05, 3.63) is 29.8 Å². The lowest BCUT2D eigenvalue weighted by Crippen LogP contribution is -2.21. The molecule has 3 nitrogen and oxygen atoms in total. The summed E-state index contributed by atoms with van der Waals surface area (Å²) < 4.78 is 10.0. The van der Waals surface area contributed by atoms with Gasteiger partial charge < -0.3 is 14.8 Å². The molecule has 1 aromatic carbocycles. The van der Waals surface area contributed by atoms with Gasteiger partial charge in [0.25, 0.3) is 0 Å². The molecule has 1 rings (SSSR count). The Hall–Kier alpha value is -1.06. The van der Waals surface area contributed by atoms with Crippen molar-refractivity contribution < 1.29 is 9.47 Å². The first-order valence-corrected chi connectivity index (χ1v) is 5.19. The number of hydrogen-bond donors (Lipinski definition) is 1. The second-order valence-corrected chi connectivity index (χ2v) is 3.34. The van der Waals surface area contributed by atoms with Crippen LogP contribution in [0.5, 0.6) is 5.75 Å². The molecule has 0 unspecified atom stereocenters. The van der Waals surface area contributed by atoms with Crippen molar-refractivity contribution in [2.24, 2.45) is 0 Å². The zero-order chi connectivity index (χ0) is 10.9. The summed E-state index contributed by atoms with van der Waals surface area (Å²) in [5, 5.41) is 3.31. The second kappa shape index (κ2) is 7.26. The lowest BCUT2D eigenvalue weighted by molar-refractivity contribution is 0.199. The number of ether oxygens (including phenoxy) is 2. The van der Waals surface area contributed by atoms with E-state index in [0.717, 1.165) is 31.9 Å². The largest absolute Gasteiger partial charge is 0.497 e. The van der Waals surface area contributed by atoms with Crippen LogP contribution >= 0.6 is 0 Å². The Bertz CT molecular complexity index is 259. The normalized spacial score (nSPS) is 10.3. The fourth-order valence-electron chi connectivity index (χ4n) is 1.32. The summed E-state index contributed by atoms with van der Waals surface area (Å²) in [6.07, 6.45) is 1.04. The third-order valence-corrected chi connectivity index (χ3v) is 2.23. The molecule has 0 aromatic heterocycles. The van der Waals surface area contributed by atoms with E-state index < -0.39 is 0 Å². The quantitative estimate of drug-likeness (QED) is 0.690. The van der Waals surface area contributed by atoms with E-state index in [1.807, 2.05) is 12.1 Å². The summed E-state index contributed by atoms with van der Waals surface area (Å²) in [6, 6.07) is 8.17. The number of nitrogens with one attached hydrogen (secondary N) is 1. The van der Waals surface area contributed by atoms with Crippen LogP contribution < -0.4 is 10.1 Å². The standard InChI is InChI=1S/C12H19NO2/c1-14-10-9-13-8-7-11-3-5-12(15-2)6-4-11/h3-6,13H,7-10H2,1-2H3. The summed E-state index contributed by atoms with van der Waals surface area (Å²) in [5.74, 6) is 0.908. The van der Waals surface area contributed by atoms with Crippen LogP contribution in [0.2, 0.25) is 0 Å². The minimum absolute atomic E-state index is 0.766. The number of rotatable bonds is 7. The summed E-state index contributed by atoms with van der Waals surface area (Å²) in [5.41, 5.74) is 1.32. The van der Waals surface area contributed by atoms with Gasteiger partial charge in [-0.15, -0.1) is 0 Å². The lowest BCUT2D eigenvalue weighted by atomic mass is 10.1. The monoisotopic (exact) mass is 209 g/mol. The van der Waals surface area contributed by atoms with E-state index in [0.29, 0.717) is 0 Å². The zero-order valence-corrected chi connectivity index (χ0v) is 9.45. The van der Waals surface area contributed by atoms with Gasteiger partial charge in [0.1, 0.15) is 5.75 Å². The van der Waals surface area contributed by atoms with Gasteiger partial charge in [-0.25, -0.2) is 0 Å². The molecule has 84 valence electrons. The third kappa shape index (κ3) is 4.81. The topological polar surface area (TPSA) is 30.5 Å². The number of hydrogen-bond acceptors (Lipinski definition) is 3. The zero-order valence-electron chi connectivity index (χ0n) is 9.45. The first-order valence-electron chi connectivity index (χ1n) is 5.19. The van der Waals surface area contributed by atoms with Crippen LogP contribution in [0, 0.1) is 0 Å². The minimum atomic E-state index is 0.766. The van der Waals surface area contributed by atoms with E-state index >= 15 is 0 Å². The molecule has 0 saturated heterocycles. The maximum atomic E-state index is 5.09. The number of methoxy groups -OCH3 is 2. The molecule has 0 radical (unpaired) electrons. The van der Waals surface area contributed by atoms with Crippen LogP contribution in [-0.4, -0.2) is 33.9 Å². The van der Waals surface area contributed by atoms with Crippen LogP contribution in [0.4, 0.5) is 0 Å². The van der Waals surface area contributed by atoms with Crippen molar-refractivity contribution in [1.29, 1.82) is 0 Å². The predicted molar refractivity (Wildman–Crippen MR) is 61.4 cm³/mol. The molecule has 0 atom stereocenters. The molecule has 3 heteroatoms. The molecule has 0 aliphatic carbocycles. The highest BCUT2D eigenvalue weighted by Gasteiger charge is 1.94. The molecule has 0 heterocycles. The van der Waals surface area contributed by atoms with E-state index in [2.05, 4.69) is 17.4 Å². The van der Waals surface area contributed by atoms with Crippen molar-refractivity contribution in [3.63, 3.8) is 0 Å². The average Bonchev–Trinajstić information content (AvgIpc) is 2.30. The molecule has 0 aliphatic rings. The molecular weight excluding hydrogens is 190 g/mol. The van der Waals surface area contributed by atoms with Crippen molar-refractivity contribution in [2.75, 3.05) is 33.9 Å². The van der Waals surface area contributed by atoms with Gasteiger partial charge >= 0.3 is 0 Å². The maximum absolute atomic E-state index is 5.09. The Balaban J connectivity index is 2.20. The van der Waals surface area contributed by atoms with Gasteiger partial charge in [0.2, 0.25) is 0 Å². The van der Waals surface area contributed by atoms with Crippen LogP contribution in [-0.2, 0) is 11.2 Å². The average molecular weight is 209 g/mol. The Morgan fingerprint density at radius 3 is 2.40 bits per heavy atom. The van der Waals surface area contributed by atoms with E-state index in [1.165, 1.54) is 5.56 Å². The minimum Gasteiger partial charge on any atom is -0.497 e. The molecule has 0 aliphatic heterocycles. The lowest BCUT2D eigenvalue weighted by Gasteiger charge is -2.05. The van der Waals surface area contributed by atoms with E-state index in [1.54, 1.807) is 14.2 Å². The highest BCUT2D eigenvalue weighted by Crippen LogP contribution is 2.11. The highest BCUT2D eigenvalue weighted by molar-refractivity contribution is 5.27. The van der Waals surface area contributed by atoms with Crippen LogP contribution in [0.1, 0.15) is 5.56 Å². The van der Waals surface area contributed by atoms with Crippen LogP contribution in [0.25, 0.3) is 0 Å². The third-order valence-electron chi connectivity index (χ3n) is 2.23. The molecule has 1 N–H and O–H groups in total. The van der Waals surface area contributed by atoms with Gasteiger partial charge in [-0.05, 0) is 30.7 Å². The fraction of sp³-hybridized carbons (Fsp3) is 0.500. The Morgan fingerprint density at radius 2 is 1.80 bits per heavy atom. The van der Waals surface area contributed by atoms with Crippen LogP contribution in [0.3, 0.4) is 0 Å². The van der Waals surface area contributed by atoms with E-state index in [9.17, 15) is 0 Å². The smallest absolute Gasteiger partial charge is 0.118 e. The van der Waals surface area contributed by atoms with Gasteiger partial charge in [0, 0.05) is 13.7 Å². The Kier molecular flexibility index (Phi) is 5.81. The van der Waals surface area contributed by atoms with E-state index in [4.69, 9.17) is 9.47 Å². The van der Waals surface area contributed by atoms with Crippen LogP contribution in [0.15, 0.2) is 24.3 Å². The SMILES string of the molecule is COCCNCCc1ccc(OC)cc1. The van der Waals surface area contributed by atoms with Crippen molar-refractivity contribution in [1.82, 2.24) is 5.32 Å². The number of benzene rings is 1. The van der Waals surface area contributed by atoms with Gasteiger partial charge in [-0.3, -0.25) is 0 Å². The molecule has 0 bridgehead atoms. The van der Waals surface area contributed by atoms with Gasteiger partial charge in [0.05, 0.1) is 13.7 Å².